The Morgan fingerprint density at radius 3 is 2.16 bits per heavy atom. The third-order valence-electron chi connectivity index (χ3n) is 3.49. The van der Waals surface area contributed by atoms with Gasteiger partial charge in [-0.05, 0) is 37.6 Å². The molecule has 0 aliphatic carbocycles. The molecule has 0 amide bonds. The summed E-state index contributed by atoms with van der Waals surface area (Å²) in [7, 11) is 1.68. The largest absolute Gasteiger partial charge is 0.497 e. The summed E-state index contributed by atoms with van der Waals surface area (Å²) in [5.74, 6) is 1.78. The molecule has 0 atom stereocenters. The number of ether oxygens (including phenoxy) is 1. The Hall–Kier alpha value is -0.970. The van der Waals surface area contributed by atoms with Gasteiger partial charge in [0.25, 0.3) is 0 Å². The molecule has 0 saturated carbocycles. The molecule has 0 heterocycles. The number of benzene rings is 1. The molecule has 0 bridgehead atoms. The van der Waals surface area contributed by atoms with Gasteiger partial charge in [0.2, 0.25) is 0 Å². The van der Waals surface area contributed by atoms with E-state index in [4.69, 9.17) is 7.80 Å². The van der Waals surface area contributed by atoms with E-state index in [1.54, 1.807) is 7.11 Å². The molecule has 1 aromatic carbocycles. The predicted octanol–water partition coefficient (Wildman–Crippen LogP) is 5.19. The summed E-state index contributed by atoms with van der Waals surface area (Å²) in [5.41, 5.74) is 2.53. The van der Waals surface area contributed by atoms with Crippen molar-refractivity contribution in [2.45, 2.75) is 33.1 Å². The maximum absolute atomic E-state index is 5.19. The van der Waals surface area contributed by atoms with Gasteiger partial charge >= 0.3 is 0 Å². The third-order valence-corrected chi connectivity index (χ3v) is 4.18. The summed E-state index contributed by atoms with van der Waals surface area (Å²) in [6.07, 6.45) is 4.10. The molecule has 0 saturated heterocycles. The lowest BCUT2D eigenvalue weighted by atomic mass is 9.78. The van der Waals surface area contributed by atoms with Crippen molar-refractivity contribution < 1.29 is 7.80 Å². The number of hydrogen-bond donors (Lipinski definition) is 0. The Kier molecular flexibility index (Phi) is 5.91. The second-order valence-electron chi connectivity index (χ2n) is 5.06. The molecule has 0 fully saturated rings. The van der Waals surface area contributed by atoms with Gasteiger partial charge in [0, 0.05) is 5.41 Å². The Balaban J connectivity index is 3.01. The number of halogens is 1. The van der Waals surface area contributed by atoms with E-state index in [1.165, 1.54) is 11.1 Å². The van der Waals surface area contributed by atoms with Crippen LogP contribution in [-0.4, -0.2) is 7.11 Å². The zero-order chi connectivity index (χ0) is 14.5. The van der Waals surface area contributed by atoms with Crippen LogP contribution in [0.1, 0.15) is 33.3 Å². The Morgan fingerprint density at radius 2 is 1.68 bits per heavy atom. The molecular weight excluding hydrogens is 351 g/mol. The molecule has 0 radical (unpaired) electrons. The molecule has 104 valence electrons. The van der Waals surface area contributed by atoms with Crippen molar-refractivity contribution in [2.75, 3.05) is 7.11 Å². The highest BCUT2D eigenvalue weighted by atomic mass is 127. The van der Waals surface area contributed by atoms with Crippen molar-refractivity contribution in [1.82, 2.24) is 0 Å². The van der Waals surface area contributed by atoms with Crippen LogP contribution in [0.5, 0.6) is 5.75 Å². The van der Waals surface area contributed by atoms with E-state index < -0.39 is 0 Å². The van der Waals surface area contributed by atoms with Crippen LogP contribution in [0.3, 0.4) is 0 Å². The molecule has 0 aromatic heterocycles. The summed E-state index contributed by atoms with van der Waals surface area (Å²) in [5, 5.41) is 0. The van der Waals surface area contributed by atoms with E-state index in [0.717, 1.165) is 11.5 Å². The highest BCUT2D eigenvalue weighted by Gasteiger charge is 2.22. The minimum Gasteiger partial charge on any atom is -0.497 e. The van der Waals surface area contributed by atoms with Gasteiger partial charge in [-0.1, -0.05) is 37.6 Å². The zero-order valence-electron chi connectivity index (χ0n) is 12.2. The van der Waals surface area contributed by atoms with E-state index >= 15 is 0 Å². The van der Waals surface area contributed by atoms with E-state index in [1.807, 2.05) is 48.1 Å². The Labute approximate surface area is 130 Å². The SMILES string of the molecule is COc1ccc(C(C)(C)/C(C)=C/C=C(\C)OI)cc1. The number of methoxy groups -OCH3 is 1. The fourth-order valence-corrected chi connectivity index (χ4v) is 1.86. The molecule has 1 aromatic rings. The summed E-state index contributed by atoms with van der Waals surface area (Å²) in [6.45, 7) is 8.52. The molecule has 0 spiro atoms. The average molecular weight is 372 g/mol. The first-order valence-electron chi connectivity index (χ1n) is 6.20. The monoisotopic (exact) mass is 372 g/mol. The van der Waals surface area contributed by atoms with Crippen LogP contribution in [0.4, 0.5) is 0 Å². The van der Waals surface area contributed by atoms with E-state index in [-0.39, 0.29) is 5.41 Å². The fourth-order valence-electron chi connectivity index (χ4n) is 1.71. The van der Waals surface area contributed by atoms with E-state index in [9.17, 15) is 0 Å². The van der Waals surface area contributed by atoms with E-state index in [2.05, 4.69) is 39.0 Å². The highest BCUT2D eigenvalue weighted by molar-refractivity contribution is 14.1. The lowest BCUT2D eigenvalue weighted by molar-refractivity contribution is 0.414. The van der Waals surface area contributed by atoms with E-state index in [0.29, 0.717) is 0 Å². The molecule has 3 heteroatoms. The van der Waals surface area contributed by atoms with Crippen LogP contribution in [0.25, 0.3) is 0 Å². The van der Waals surface area contributed by atoms with Gasteiger partial charge in [0.1, 0.15) is 11.5 Å². The molecular formula is C16H21IO2. The number of hydrogen-bond acceptors (Lipinski definition) is 2. The predicted molar refractivity (Wildman–Crippen MR) is 88.6 cm³/mol. The van der Waals surface area contributed by atoms with Crippen LogP contribution in [-0.2, 0) is 8.48 Å². The van der Waals surface area contributed by atoms with Crippen molar-refractivity contribution in [3.05, 3.63) is 53.3 Å². The standard InChI is InChI=1S/C16H21IO2/c1-12(6-7-13(2)19-17)16(3,4)14-8-10-15(18-5)11-9-14/h6-11H,1-5H3/b12-6+,13-7+. The summed E-state index contributed by atoms with van der Waals surface area (Å²) in [4.78, 5) is 0. The van der Waals surface area contributed by atoms with Crippen molar-refractivity contribution >= 4 is 23.0 Å². The second-order valence-corrected chi connectivity index (χ2v) is 5.50. The maximum atomic E-state index is 5.19. The highest BCUT2D eigenvalue weighted by Crippen LogP contribution is 2.32. The van der Waals surface area contributed by atoms with Crippen LogP contribution in [0.2, 0.25) is 0 Å². The van der Waals surface area contributed by atoms with Gasteiger partial charge in [0.15, 0.2) is 23.0 Å². The minimum atomic E-state index is -0.0195. The van der Waals surface area contributed by atoms with Crippen molar-refractivity contribution in [1.29, 1.82) is 0 Å². The third kappa shape index (κ3) is 4.27. The minimum absolute atomic E-state index is 0.0195. The van der Waals surface area contributed by atoms with Gasteiger partial charge in [-0.3, -0.25) is 0 Å². The Morgan fingerprint density at radius 1 is 1.11 bits per heavy atom. The van der Waals surface area contributed by atoms with Gasteiger partial charge < -0.3 is 7.80 Å². The molecule has 0 unspecified atom stereocenters. The van der Waals surface area contributed by atoms with Crippen LogP contribution >= 0.6 is 23.0 Å². The summed E-state index contributed by atoms with van der Waals surface area (Å²) >= 11 is 1.89. The summed E-state index contributed by atoms with van der Waals surface area (Å²) < 4.78 is 10.3. The lowest BCUT2D eigenvalue weighted by Gasteiger charge is -2.26. The van der Waals surface area contributed by atoms with Crippen molar-refractivity contribution in [3.8, 4) is 5.75 Å². The lowest BCUT2D eigenvalue weighted by Crippen LogP contribution is -2.18. The molecule has 0 N–H and O–H groups in total. The topological polar surface area (TPSA) is 18.5 Å². The Bertz CT molecular complexity index is 470. The van der Waals surface area contributed by atoms with Gasteiger partial charge in [0.05, 0.1) is 7.11 Å². The van der Waals surface area contributed by atoms with Gasteiger partial charge in [-0.25, -0.2) is 0 Å². The summed E-state index contributed by atoms with van der Waals surface area (Å²) in [6, 6.07) is 8.22. The van der Waals surface area contributed by atoms with Crippen molar-refractivity contribution in [3.63, 3.8) is 0 Å². The molecule has 0 aliphatic heterocycles. The average Bonchev–Trinajstić information content (AvgIpc) is 2.44. The molecule has 1 rings (SSSR count). The maximum Gasteiger partial charge on any atom is 0.192 e. The molecule has 19 heavy (non-hydrogen) atoms. The number of rotatable bonds is 5. The van der Waals surface area contributed by atoms with Gasteiger partial charge in [-0.15, -0.1) is 0 Å². The van der Waals surface area contributed by atoms with Crippen LogP contribution in [0, 0.1) is 0 Å². The first-order valence-corrected chi connectivity index (χ1v) is 7.08. The smallest absolute Gasteiger partial charge is 0.192 e. The molecule has 2 nitrogen and oxygen atoms in total. The zero-order valence-corrected chi connectivity index (χ0v) is 14.3. The quantitative estimate of drug-likeness (QED) is 0.402. The first-order chi connectivity index (χ1) is 8.91. The normalized spacial score (nSPS) is 13.4. The second kappa shape index (κ2) is 6.98. The number of allylic oxidation sites excluding steroid dienone is 4. The van der Waals surface area contributed by atoms with Crippen LogP contribution in [0.15, 0.2) is 47.7 Å². The van der Waals surface area contributed by atoms with Gasteiger partial charge in [-0.2, -0.15) is 0 Å². The first kappa shape index (κ1) is 16.1. The fraction of sp³-hybridized carbons (Fsp3) is 0.375. The molecule has 0 aliphatic rings. The van der Waals surface area contributed by atoms with Crippen molar-refractivity contribution in [2.24, 2.45) is 0 Å². The van der Waals surface area contributed by atoms with Crippen LogP contribution < -0.4 is 4.74 Å².